The molecule has 2 atom stereocenters. The third-order valence-electron chi connectivity index (χ3n) is 4.77. The van der Waals surface area contributed by atoms with Crippen LogP contribution in [0.3, 0.4) is 0 Å². The van der Waals surface area contributed by atoms with E-state index in [1.807, 2.05) is 31.2 Å². The summed E-state index contributed by atoms with van der Waals surface area (Å²) in [4.78, 5) is 12.8. The molecule has 2 rings (SSSR count). The van der Waals surface area contributed by atoms with E-state index >= 15 is 0 Å². The van der Waals surface area contributed by atoms with Gasteiger partial charge in [0.25, 0.3) is 5.91 Å². The minimum absolute atomic E-state index is 0. The molecule has 3 N–H and O–H groups in total. The smallest absolute Gasteiger partial charge is 0.253 e. The van der Waals surface area contributed by atoms with Gasteiger partial charge in [0, 0.05) is 24.0 Å². The number of aromatic nitrogens is 1. The number of nitrogens with zero attached hydrogens (tertiary/aromatic N) is 1. The Bertz CT molecular complexity index is 710. The highest BCUT2D eigenvalue weighted by molar-refractivity contribution is 5.96. The summed E-state index contributed by atoms with van der Waals surface area (Å²) >= 11 is 0. The van der Waals surface area contributed by atoms with Crippen LogP contribution in [0.2, 0.25) is 0 Å². The Labute approximate surface area is 163 Å². The number of rotatable bonds is 7. The highest BCUT2D eigenvalue weighted by atomic mass is 35.5. The van der Waals surface area contributed by atoms with Gasteiger partial charge < -0.3 is 15.6 Å². The van der Waals surface area contributed by atoms with E-state index in [0.29, 0.717) is 12.5 Å². The molecule has 0 radical (unpaired) electrons. The predicted octanol–water partition coefficient (Wildman–Crippen LogP) is 4.24. The first-order chi connectivity index (χ1) is 11.8. The van der Waals surface area contributed by atoms with Crippen molar-refractivity contribution in [2.24, 2.45) is 11.7 Å². The maximum Gasteiger partial charge on any atom is 0.253 e. The van der Waals surface area contributed by atoms with Crippen molar-refractivity contribution >= 4 is 18.3 Å². The molecule has 1 aromatic carbocycles. The van der Waals surface area contributed by atoms with Crippen LogP contribution in [-0.4, -0.2) is 23.1 Å². The maximum atomic E-state index is 12.8. The molecular formula is C21H32ClN3O. The van der Waals surface area contributed by atoms with Crippen LogP contribution in [0.4, 0.5) is 0 Å². The Morgan fingerprint density at radius 3 is 2.31 bits per heavy atom. The van der Waals surface area contributed by atoms with Gasteiger partial charge in [-0.15, -0.1) is 12.4 Å². The van der Waals surface area contributed by atoms with Gasteiger partial charge in [-0.1, -0.05) is 44.2 Å². The Balaban J connectivity index is 0.00000338. The first kappa shape index (κ1) is 22.3. The van der Waals surface area contributed by atoms with Gasteiger partial charge in [-0.05, 0) is 44.7 Å². The monoisotopic (exact) mass is 377 g/mol. The summed E-state index contributed by atoms with van der Waals surface area (Å²) in [6.07, 6.45) is 0.890. The first-order valence-corrected chi connectivity index (χ1v) is 9.09. The van der Waals surface area contributed by atoms with E-state index < -0.39 is 0 Å². The molecule has 2 unspecified atom stereocenters. The quantitative estimate of drug-likeness (QED) is 0.758. The summed E-state index contributed by atoms with van der Waals surface area (Å²) in [5.74, 6) is 0.468. The van der Waals surface area contributed by atoms with Gasteiger partial charge in [0.15, 0.2) is 0 Å². The molecule has 0 saturated carbocycles. The van der Waals surface area contributed by atoms with Crippen molar-refractivity contribution in [3.8, 4) is 0 Å². The number of carbonyl (C=O) groups excluding carboxylic acids is 1. The first-order valence-electron chi connectivity index (χ1n) is 9.09. The van der Waals surface area contributed by atoms with Gasteiger partial charge in [0.2, 0.25) is 0 Å². The van der Waals surface area contributed by atoms with Crippen molar-refractivity contribution in [2.45, 2.75) is 53.1 Å². The Hall–Kier alpha value is -1.78. The SMILES string of the molecule is Cc1cc(C(=O)NC(CN)CC(C)C)c(C)n1C(C)c1ccccc1.Cl. The summed E-state index contributed by atoms with van der Waals surface area (Å²) in [7, 11) is 0. The fourth-order valence-electron chi connectivity index (χ4n) is 3.53. The molecule has 26 heavy (non-hydrogen) atoms. The largest absolute Gasteiger partial charge is 0.348 e. The zero-order valence-corrected chi connectivity index (χ0v) is 17.3. The summed E-state index contributed by atoms with van der Waals surface area (Å²) in [6.45, 7) is 11.0. The van der Waals surface area contributed by atoms with Crippen LogP contribution in [0.25, 0.3) is 0 Å². The summed E-state index contributed by atoms with van der Waals surface area (Å²) in [5.41, 5.74) is 9.88. The highest BCUT2D eigenvalue weighted by Crippen LogP contribution is 2.25. The lowest BCUT2D eigenvalue weighted by Crippen LogP contribution is -2.41. The third kappa shape index (κ3) is 5.12. The number of aryl methyl sites for hydroxylation is 1. The molecule has 0 bridgehead atoms. The molecule has 0 spiro atoms. The van der Waals surface area contributed by atoms with Crippen LogP contribution >= 0.6 is 12.4 Å². The molecule has 0 aliphatic rings. The average Bonchev–Trinajstić information content (AvgIpc) is 2.88. The number of benzene rings is 1. The topological polar surface area (TPSA) is 60.1 Å². The molecule has 4 nitrogen and oxygen atoms in total. The number of nitrogens with two attached hydrogens (primary N) is 1. The summed E-state index contributed by atoms with van der Waals surface area (Å²) in [5, 5.41) is 3.10. The minimum atomic E-state index is -0.0317. The van der Waals surface area contributed by atoms with Gasteiger partial charge in [-0.2, -0.15) is 0 Å². The molecule has 0 saturated heterocycles. The summed E-state index contributed by atoms with van der Waals surface area (Å²) in [6, 6.07) is 12.5. The van der Waals surface area contributed by atoms with Crippen molar-refractivity contribution in [3.63, 3.8) is 0 Å². The van der Waals surface area contributed by atoms with Crippen molar-refractivity contribution in [1.29, 1.82) is 0 Å². The fourth-order valence-corrected chi connectivity index (χ4v) is 3.53. The summed E-state index contributed by atoms with van der Waals surface area (Å²) < 4.78 is 2.23. The van der Waals surface area contributed by atoms with Crippen LogP contribution in [0, 0.1) is 19.8 Å². The standard InChI is InChI=1S/C21H31N3O.ClH/c1-14(2)11-19(13-22)23-21(25)20-12-15(3)24(17(20)5)16(4)18-9-7-6-8-10-18;/h6-10,12,14,16,19H,11,13,22H2,1-5H3,(H,23,25);1H. The van der Waals surface area contributed by atoms with E-state index in [2.05, 4.69) is 49.7 Å². The van der Waals surface area contributed by atoms with E-state index in [4.69, 9.17) is 5.73 Å². The van der Waals surface area contributed by atoms with Crippen LogP contribution < -0.4 is 11.1 Å². The van der Waals surface area contributed by atoms with Crippen molar-refractivity contribution in [1.82, 2.24) is 9.88 Å². The van der Waals surface area contributed by atoms with Crippen molar-refractivity contribution in [3.05, 3.63) is 58.9 Å². The number of nitrogens with one attached hydrogen (secondary N) is 1. The van der Waals surface area contributed by atoms with E-state index in [1.165, 1.54) is 5.56 Å². The molecule has 144 valence electrons. The minimum Gasteiger partial charge on any atom is -0.348 e. The lowest BCUT2D eigenvalue weighted by atomic mass is 10.0. The zero-order valence-electron chi connectivity index (χ0n) is 16.5. The second kappa shape index (κ2) is 9.79. The van der Waals surface area contributed by atoms with E-state index in [1.54, 1.807) is 0 Å². The van der Waals surface area contributed by atoms with Gasteiger partial charge in [0.1, 0.15) is 0 Å². The van der Waals surface area contributed by atoms with E-state index in [0.717, 1.165) is 23.4 Å². The number of halogens is 1. The Morgan fingerprint density at radius 1 is 1.15 bits per heavy atom. The second-order valence-electron chi connectivity index (χ2n) is 7.28. The fraction of sp³-hybridized carbons (Fsp3) is 0.476. The number of hydrogen-bond donors (Lipinski definition) is 2. The molecule has 2 aromatic rings. The van der Waals surface area contributed by atoms with Crippen LogP contribution in [0.5, 0.6) is 0 Å². The normalized spacial score (nSPS) is 13.2. The number of carbonyl (C=O) groups is 1. The van der Waals surface area contributed by atoms with Crippen LogP contribution in [0.15, 0.2) is 36.4 Å². The van der Waals surface area contributed by atoms with Crippen molar-refractivity contribution in [2.75, 3.05) is 6.54 Å². The Kier molecular flexibility index (Phi) is 8.38. The average molecular weight is 378 g/mol. The van der Waals surface area contributed by atoms with Gasteiger partial charge >= 0.3 is 0 Å². The van der Waals surface area contributed by atoms with E-state index in [-0.39, 0.29) is 30.4 Å². The number of hydrogen-bond acceptors (Lipinski definition) is 2. The third-order valence-corrected chi connectivity index (χ3v) is 4.77. The molecule has 0 aliphatic carbocycles. The Morgan fingerprint density at radius 2 is 1.77 bits per heavy atom. The molecule has 0 fully saturated rings. The second-order valence-corrected chi connectivity index (χ2v) is 7.28. The lowest BCUT2D eigenvalue weighted by Gasteiger charge is -2.20. The molecule has 1 aromatic heterocycles. The molecule has 1 amide bonds. The van der Waals surface area contributed by atoms with Gasteiger partial charge in [-0.3, -0.25) is 4.79 Å². The maximum absolute atomic E-state index is 12.8. The van der Waals surface area contributed by atoms with Gasteiger partial charge in [0.05, 0.1) is 11.6 Å². The molecule has 0 aliphatic heterocycles. The molecular weight excluding hydrogens is 346 g/mol. The van der Waals surface area contributed by atoms with Gasteiger partial charge in [-0.25, -0.2) is 0 Å². The van der Waals surface area contributed by atoms with Crippen molar-refractivity contribution < 1.29 is 4.79 Å². The van der Waals surface area contributed by atoms with Crippen LogP contribution in [0.1, 0.15) is 60.5 Å². The molecule has 1 heterocycles. The predicted molar refractivity (Wildman–Crippen MR) is 111 cm³/mol. The zero-order chi connectivity index (χ0) is 18.6. The molecule has 5 heteroatoms. The van der Waals surface area contributed by atoms with Crippen LogP contribution in [-0.2, 0) is 0 Å². The lowest BCUT2D eigenvalue weighted by molar-refractivity contribution is 0.0933. The highest BCUT2D eigenvalue weighted by Gasteiger charge is 2.21. The van der Waals surface area contributed by atoms with E-state index in [9.17, 15) is 4.79 Å². The number of amides is 1.